The van der Waals surface area contributed by atoms with E-state index in [4.69, 9.17) is 0 Å². The van der Waals surface area contributed by atoms with Gasteiger partial charge < -0.3 is 5.32 Å². The number of non-ortho nitro benzene ring substituents is 1. The number of carbonyl (C=O) groups is 2. The zero-order valence-electron chi connectivity index (χ0n) is 18.3. The Kier molecular flexibility index (Phi) is 4.60. The lowest BCUT2D eigenvalue weighted by Gasteiger charge is -2.36. The first-order chi connectivity index (χ1) is 16.5. The van der Waals surface area contributed by atoms with E-state index < -0.39 is 16.4 Å². The van der Waals surface area contributed by atoms with Crippen molar-refractivity contribution < 1.29 is 14.5 Å². The van der Waals surface area contributed by atoms with Gasteiger partial charge in [0.25, 0.3) is 5.69 Å². The van der Waals surface area contributed by atoms with Crippen LogP contribution < -0.4 is 5.32 Å². The van der Waals surface area contributed by atoms with Crippen LogP contribution in [0.5, 0.6) is 0 Å². The minimum Gasteiger partial charge on any atom is -0.324 e. The van der Waals surface area contributed by atoms with Gasteiger partial charge in [0.2, 0.25) is 5.91 Å². The summed E-state index contributed by atoms with van der Waals surface area (Å²) >= 11 is 0. The molecule has 3 aliphatic rings. The van der Waals surface area contributed by atoms with Gasteiger partial charge in [0.1, 0.15) is 5.54 Å². The number of amides is 1. The summed E-state index contributed by atoms with van der Waals surface area (Å²) in [5, 5.41) is 14.6. The van der Waals surface area contributed by atoms with Gasteiger partial charge in [0, 0.05) is 53.3 Å². The zero-order valence-corrected chi connectivity index (χ0v) is 18.3. The Hall–Kier alpha value is -3.91. The van der Waals surface area contributed by atoms with Crippen LogP contribution in [-0.2, 0) is 10.3 Å². The molecule has 4 atom stereocenters. The fraction of sp³-hybridized carbons (Fsp3) is 0.269. The van der Waals surface area contributed by atoms with Crippen LogP contribution in [0.4, 0.5) is 11.4 Å². The number of rotatable bonds is 4. The smallest absolute Gasteiger partial charge is 0.269 e. The van der Waals surface area contributed by atoms with E-state index >= 15 is 0 Å². The van der Waals surface area contributed by atoms with Gasteiger partial charge in [-0.1, -0.05) is 30.3 Å². The molecule has 2 aromatic carbocycles. The summed E-state index contributed by atoms with van der Waals surface area (Å²) in [7, 11) is 0. The zero-order chi connectivity index (χ0) is 23.4. The lowest BCUT2D eigenvalue weighted by Crippen LogP contribution is -2.52. The molecule has 2 saturated heterocycles. The van der Waals surface area contributed by atoms with E-state index in [1.54, 1.807) is 30.5 Å². The first kappa shape index (κ1) is 20.7. The number of carbonyl (C=O) groups excluding carboxylic acids is 2. The van der Waals surface area contributed by atoms with Crippen molar-refractivity contribution >= 4 is 23.1 Å². The number of aromatic nitrogens is 1. The van der Waals surface area contributed by atoms with E-state index in [1.807, 2.05) is 30.3 Å². The van der Waals surface area contributed by atoms with Crippen LogP contribution >= 0.6 is 0 Å². The van der Waals surface area contributed by atoms with E-state index in [0.717, 1.165) is 18.4 Å². The Labute approximate surface area is 195 Å². The number of hydrogen-bond acceptors (Lipinski definition) is 6. The van der Waals surface area contributed by atoms with Crippen molar-refractivity contribution in [3.63, 3.8) is 0 Å². The van der Waals surface area contributed by atoms with Crippen molar-refractivity contribution in [2.75, 3.05) is 11.9 Å². The third kappa shape index (κ3) is 2.72. The van der Waals surface area contributed by atoms with Gasteiger partial charge in [-0.3, -0.25) is 29.6 Å². The minimum atomic E-state index is -1.18. The average Bonchev–Trinajstić information content (AvgIpc) is 3.52. The van der Waals surface area contributed by atoms with Gasteiger partial charge in [0.15, 0.2) is 5.78 Å². The van der Waals surface area contributed by atoms with Crippen LogP contribution in [0.2, 0.25) is 0 Å². The number of nitro benzene ring substituents is 1. The molecule has 0 saturated carbocycles. The maximum absolute atomic E-state index is 14.2. The molecule has 1 N–H and O–H groups in total. The molecule has 0 aliphatic carbocycles. The maximum atomic E-state index is 14.2. The highest BCUT2D eigenvalue weighted by Crippen LogP contribution is 2.61. The van der Waals surface area contributed by atoms with Crippen molar-refractivity contribution in [3.05, 3.63) is 99.9 Å². The van der Waals surface area contributed by atoms with Crippen LogP contribution in [0.25, 0.3) is 0 Å². The second-order valence-corrected chi connectivity index (χ2v) is 9.13. The van der Waals surface area contributed by atoms with E-state index in [-0.39, 0.29) is 29.3 Å². The van der Waals surface area contributed by atoms with Gasteiger partial charge >= 0.3 is 0 Å². The second kappa shape index (κ2) is 7.56. The summed E-state index contributed by atoms with van der Waals surface area (Å²) in [4.78, 5) is 45.5. The topological polar surface area (TPSA) is 105 Å². The fourth-order valence-electron chi connectivity index (χ4n) is 6.42. The minimum absolute atomic E-state index is 0.0214. The van der Waals surface area contributed by atoms with Crippen LogP contribution in [-0.4, -0.2) is 39.1 Å². The monoisotopic (exact) mass is 454 g/mol. The van der Waals surface area contributed by atoms with Crippen LogP contribution in [0.3, 0.4) is 0 Å². The number of ketones is 1. The van der Waals surface area contributed by atoms with Gasteiger partial charge in [-0.25, -0.2) is 0 Å². The number of nitro groups is 1. The summed E-state index contributed by atoms with van der Waals surface area (Å²) < 4.78 is 0. The maximum Gasteiger partial charge on any atom is 0.269 e. The predicted molar refractivity (Wildman–Crippen MR) is 124 cm³/mol. The van der Waals surface area contributed by atoms with Gasteiger partial charge in [0.05, 0.1) is 10.8 Å². The number of hydrogen-bond donors (Lipinski definition) is 1. The van der Waals surface area contributed by atoms with Crippen molar-refractivity contribution in [2.45, 2.75) is 30.3 Å². The standard InChI is InChI=1S/C26H22N4O4/c31-24(17-7-4-12-27-15-17)23-22(16-6-3-8-18(14-16)30(33)34)21-11-5-13-29(21)26(23)19-9-1-2-10-20(19)28-25(26)32/h1-4,6-10,12,14-15,21-23H,5,11,13H2,(H,28,32)/t21-,22-,23+,26+/m0/s1. The molecule has 0 radical (unpaired) electrons. The fourth-order valence-corrected chi connectivity index (χ4v) is 6.42. The Balaban J connectivity index is 1.62. The Morgan fingerprint density at radius 3 is 2.79 bits per heavy atom. The van der Waals surface area contributed by atoms with Crippen molar-refractivity contribution in [1.82, 2.24) is 9.88 Å². The van der Waals surface area contributed by atoms with Crippen LogP contribution in [0.15, 0.2) is 73.1 Å². The van der Waals surface area contributed by atoms with Crippen LogP contribution in [0, 0.1) is 16.0 Å². The third-order valence-corrected chi connectivity index (χ3v) is 7.60. The number of nitrogens with one attached hydrogen (secondary N) is 1. The molecule has 2 fully saturated rings. The average molecular weight is 454 g/mol. The molecular weight excluding hydrogens is 432 g/mol. The molecule has 0 unspecified atom stereocenters. The van der Waals surface area contributed by atoms with Crippen molar-refractivity contribution in [1.29, 1.82) is 0 Å². The third-order valence-electron chi connectivity index (χ3n) is 7.60. The molecule has 8 heteroatoms. The highest BCUT2D eigenvalue weighted by Gasteiger charge is 2.69. The summed E-state index contributed by atoms with van der Waals surface area (Å²) in [5.41, 5.74) is 1.44. The van der Waals surface area contributed by atoms with E-state index in [0.29, 0.717) is 23.4 Å². The molecule has 170 valence electrons. The Morgan fingerprint density at radius 2 is 2.00 bits per heavy atom. The molecule has 6 rings (SSSR count). The first-order valence-electron chi connectivity index (χ1n) is 11.4. The Morgan fingerprint density at radius 1 is 1.15 bits per heavy atom. The summed E-state index contributed by atoms with van der Waals surface area (Å²) in [6.07, 6.45) is 4.83. The molecule has 8 nitrogen and oxygen atoms in total. The van der Waals surface area contributed by atoms with Crippen molar-refractivity contribution in [2.24, 2.45) is 5.92 Å². The SMILES string of the molecule is O=C(c1cccnc1)[C@H]1[C@@H](c2cccc([N+](=O)[O-])c2)[C@@H]2CCCN2[C@@]12C(=O)Nc1ccccc12. The molecule has 3 aliphatic heterocycles. The molecular formula is C26H22N4O4. The normalized spacial score (nSPS) is 27.4. The molecule has 3 aromatic rings. The van der Waals surface area contributed by atoms with Gasteiger partial charge in [-0.2, -0.15) is 0 Å². The number of para-hydroxylation sites is 1. The number of pyridine rings is 1. The molecule has 4 heterocycles. The molecule has 0 bridgehead atoms. The van der Waals surface area contributed by atoms with Crippen LogP contribution in [0.1, 0.15) is 40.2 Å². The number of Topliss-reactive ketones (excluding diaryl/α,β-unsaturated/α-hetero) is 1. The predicted octanol–water partition coefficient (Wildman–Crippen LogP) is 3.90. The Bertz CT molecular complexity index is 1330. The quantitative estimate of drug-likeness (QED) is 0.364. The highest BCUT2D eigenvalue weighted by atomic mass is 16.6. The number of anilines is 1. The van der Waals surface area contributed by atoms with E-state index in [1.165, 1.54) is 12.3 Å². The summed E-state index contributed by atoms with van der Waals surface area (Å²) in [6.45, 7) is 0.675. The number of fused-ring (bicyclic) bond motifs is 4. The summed E-state index contributed by atoms with van der Waals surface area (Å²) in [5.74, 6) is -1.53. The summed E-state index contributed by atoms with van der Waals surface area (Å²) in [6, 6.07) is 17.4. The van der Waals surface area contributed by atoms with E-state index in [2.05, 4.69) is 15.2 Å². The molecule has 1 amide bonds. The van der Waals surface area contributed by atoms with Crippen molar-refractivity contribution in [3.8, 4) is 0 Å². The molecule has 1 aromatic heterocycles. The van der Waals surface area contributed by atoms with Gasteiger partial charge in [-0.15, -0.1) is 0 Å². The van der Waals surface area contributed by atoms with Gasteiger partial charge in [-0.05, 0) is 43.1 Å². The second-order valence-electron chi connectivity index (χ2n) is 9.13. The number of benzene rings is 2. The number of nitrogens with zero attached hydrogens (tertiary/aromatic N) is 3. The molecule has 34 heavy (non-hydrogen) atoms. The molecule has 1 spiro atoms. The lowest BCUT2D eigenvalue weighted by molar-refractivity contribution is -0.384. The van der Waals surface area contributed by atoms with E-state index in [9.17, 15) is 19.7 Å². The lowest BCUT2D eigenvalue weighted by atomic mass is 9.69. The first-order valence-corrected chi connectivity index (χ1v) is 11.4. The highest BCUT2D eigenvalue weighted by molar-refractivity contribution is 6.12. The largest absolute Gasteiger partial charge is 0.324 e.